The molecule has 128 valence electrons. The molecule has 0 bridgehead atoms. The molecule has 1 amide bonds. The molecule has 0 atom stereocenters. The summed E-state index contributed by atoms with van der Waals surface area (Å²) in [6.07, 6.45) is 6.38. The zero-order valence-corrected chi connectivity index (χ0v) is 15.0. The summed E-state index contributed by atoms with van der Waals surface area (Å²) in [4.78, 5) is 14.7. The fraction of sp³-hybridized carbons (Fsp3) is 0.450. The average Bonchev–Trinajstić information content (AvgIpc) is 2.92. The van der Waals surface area contributed by atoms with E-state index in [1.165, 1.54) is 17.7 Å². The minimum atomic E-state index is 0.257. The third-order valence-electron chi connectivity index (χ3n) is 4.78. The summed E-state index contributed by atoms with van der Waals surface area (Å²) >= 11 is 6.09. The molecule has 1 aromatic carbocycles. The lowest BCUT2D eigenvalue weighted by atomic mass is 9.84. The first-order valence-electron chi connectivity index (χ1n) is 8.84. The summed E-state index contributed by atoms with van der Waals surface area (Å²) in [6, 6.07) is 12.1. The monoisotopic (exact) mass is 344 g/mol. The van der Waals surface area contributed by atoms with Gasteiger partial charge in [0.05, 0.1) is 6.54 Å². The first-order valence-corrected chi connectivity index (χ1v) is 9.22. The maximum Gasteiger partial charge on any atom is 0.226 e. The van der Waals surface area contributed by atoms with Crippen molar-refractivity contribution in [2.24, 2.45) is 5.92 Å². The van der Waals surface area contributed by atoms with Crippen molar-refractivity contribution in [3.8, 4) is 0 Å². The van der Waals surface area contributed by atoms with Crippen molar-refractivity contribution in [2.45, 2.75) is 45.7 Å². The maximum absolute atomic E-state index is 12.7. The van der Waals surface area contributed by atoms with Gasteiger partial charge in [0, 0.05) is 35.9 Å². The van der Waals surface area contributed by atoms with E-state index < -0.39 is 0 Å². The van der Waals surface area contributed by atoms with Crippen molar-refractivity contribution in [2.75, 3.05) is 6.54 Å². The highest BCUT2D eigenvalue weighted by Gasteiger charge is 2.29. The first kappa shape index (κ1) is 17.1. The molecule has 0 saturated heterocycles. The molecule has 24 heavy (non-hydrogen) atoms. The number of aromatic nitrogens is 1. The summed E-state index contributed by atoms with van der Waals surface area (Å²) in [7, 11) is 0. The Bertz CT molecular complexity index is 690. The van der Waals surface area contributed by atoms with Gasteiger partial charge in [-0.15, -0.1) is 0 Å². The molecule has 0 spiro atoms. The molecule has 0 aliphatic heterocycles. The van der Waals surface area contributed by atoms with Gasteiger partial charge in [-0.3, -0.25) is 4.79 Å². The number of benzene rings is 1. The van der Waals surface area contributed by atoms with Crippen LogP contribution in [-0.4, -0.2) is 21.9 Å². The Balaban J connectivity index is 1.72. The lowest BCUT2D eigenvalue weighted by Gasteiger charge is -2.31. The Labute approximate surface area is 149 Å². The lowest BCUT2D eigenvalue weighted by molar-refractivity contribution is -0.138. The molecule has 2 aromatic rings. The standard InChI is InChI=1S/C20H25ClN2O/c1-2-11-23(20(24)17-7-4-8-17)15-19-10-5-12-22(19)14-16-6-3-9-18(21)13-16/h3,5-6,9-10,12-13,17H,2,4,7-8,11,14-15H2,1H3. The lowest BCUT2D eigenvalue weighted by Crippen LogP contribution is -2.39. The highest BCUT2D eigenvalue weighted by molar-refractivity contribution is 6.30. The number of rotatable bonds is 7. The van der Waals surface area contributed by atoms with Crippen molar-refractivity contribution in [1.29, 1.82) is 0 Å². The van der Waals surface area contributed by atoms with E-state index in [1.807, 2.05) is 23.1 Å². The number of hydrogen-bond acceptors (Lipinski definition) is 1. The Morgan fingerprint density at radius 2 is 2.12 bits per heavy atom. The second kappa shape index (κ2) is 7.89. The number of carbonyl (C=O) groups is 1. The van der Waals surface area contributed by atoms with E-state index in [9.17, 15) is 4.79 Å². The predicted octanol–water partition coefficient (Wildman–Crippen LogP) is 4.73. The van der Waals surface area contributed by atoms with Crippen molar-refractivity contribution in [1.82, 2.24) is 9.47 Å². The first-order chi connectivity index (χ1) is 11.7. The van der Waals surface area contributed by atoms with Crippen LogP contribution in [0.25, 0.3) is 0 Å². The van der Waals surface area contributed by atoms with Gasteiger partial charge in [0.15, 0.2) is 0 Å². The van der Waals surface area contributed by atoms with Gasteiger partial charge in [0.1, 0.15) is 0 Å². The summed E-state index contributed by atoms with van der Waals surface area (Å²) in [5.74, 6) is 0.589. The molecular formula is C20H25ClN2O. The van der Waals surface area contributed by atoms with Crippen LogP contribution in [0, 0.1) is 5.92 Å². The van der Waals surface area contributed by atoms with E-state index in [2.05, 4.69) is 35.9 Å². The molecule has 0 N–H and O–H groups in total. The molecule has 1 heterocycles. The van der Waals surface area contributed by atoms with Gasteiger partial charge < -0.3 is 9.47 Å². The zero-order chi connectivity index (χ0) is 16.9. The molecule has 1 aliphatic carbocycles. The quantitative estimate of drug-likeness (QED) is 0.712. The molecular weight excluding hydrogens is 320 g/mol. The Morgan fingerprint density at radius 3 is 2.79 bits per heavy atom. The largest absolute Gasteiger partial charge is 0.345 e. The third-order valence-corrected chi connectivity index (χ3v) is 5.01. The predicted molar refractivity (Wildman–Crippen MR) is 98.0 cm³/mol. The van der Waals surface area contributed by atoms with Gasteiger partial charge >= 0.3 is 0 Å². The van der Waals surface area contributed by atoms with E-state index in [4.69, 9.17) is 11.6 Å². The fourth-order valence-electron chi connectivity index (χ4n) is 3.23. The average molecular weight is 345 g/mol. The maximum atomic E-state index is 12.7. The van der Waals surface area contributed by atoms with Crippen LogP contribution in [-0.2, 0) is 17.9 Å². The van der Waals surface area contributed by atoms with E-state index in [1.54, 1.807) is 0 Å². The Kier molecular flexibility index (Phi) is 5.62. The SMILES string of the molecule is CCCN(Cc1cccn1Cc1cccc(Cl)c1)C(=O)C1CCC1. The number of nitrogens with zero attached hydrogens (tertiary/aromatic N) is 2. The fourth-order valence-corrected chi connectivity index (χ4v) is 3.44. The summed E-state index contributed by atoms with van der Waals surface area (Å²) < 4.78 is 2.21. The molecule has 1 aromatic heterocycles. The van der Waals surface area contributed by atoms with Crippen molar-refractivity contribution in [3.63, 3.8) is 0 Å². The van der Waals surface area contributed by atoms with Crippen LogP contribution in [0.2, 0.25) is 5.02 Å². The van der Waals surface area contributed by atoms with E-state index in [0.717, 1.165) is 37.4 Å². The van der Waals surface area contributed by atoms with Crippen LogP contribution < -0.4 is 0 Å². The minimum absolute atomic E-state index is 0.257. The van der Waals surface area contributed by atoms with Crippen molar-refractivity contribution >= 4 is 17.5 Å². The van der Waals surface area contributed by atoms with Crippen LogP contribution >= 0.6 is 11.6 Å². The number of carbonyl (C=O) groups excluding carboxylic acids is 1. The van der Waals surface area contributed by atoms with Gasteiger partial charge in [0.2, 0.25) is 5.91 Å². The topological polar surface area (TPSA) is 25.2 Å². The second-order valence-corrected chi connectivity index (χ2v) is 7.08. The number of hydrogen-bond donors (Lipinski definition) is 0. The normalized spacial score (nSPS) is 14.4. The van der Waals surface area contributed by atoms with Crippen molar-refractivity contribution in [3.05, 3.63) is 58.9 Å². The summed E-state index contributed by atoms with van der Waals surface area (Å²) in [6.45, 7) is 4.43. The van der Waals surface area contributed by atoms with Gasteiger partial charge in [-0.05, 0) is 49.1 Å². The molecule has 3 rings (SSSR count). The van der Waals surface area contributed by atoms with Crippen LogP contribution in [0.15, 0.2) is 42.6 Å². The summed E-state index contributed by atoms with van der Waals surface area (Å²) in [5, 5.41) is 0.758. The molecule has 1 aliphatic rings. The highest BCUT2D eigenvalue weighted by atomic mass is 35.5. The Morgan fingerprint density at radius 1 is 1.29 bits per heavy atom. The van der Waals surface area contributed by atoms with Gasteiger partial charge in [-0.1, -0.05) is 37.1 Å². The number of amides is 1. The van der Waals surface area contributed by atoms with Crippen molar-refractivity contribution < 1.29 is 4.79 Å². The van der Waals surface area contributed by atoms with E-state index in [-0.39, 0.29) is 5.92 Å². The van der Waals surface area contributed by atoms with E-state index >= 15 is 0 Å². The number of halogens is 1. The molecule has 1 saturated carbocycles. The highest BCUT2D eigenvalue weighted by Crippen LogP contribution is 2.29. The van der Waals surface area contributed by atoms with Crippen LogP contribution in [0.5, 0.6) is 0 Å². The molecule has 1 fully saturated rings. The summed E-state index contributed by atoms with van der Waals surface area (Å²) in [5.41, 5.74) is 2.35. The van der Waals surface area contributed by atoms with Gasteiger partial charge in [-0.25, -0.2) is 0 Å². The van der Waals surface area contributed by atoms with Crippen LogP contribution in [0.4, 0.5) is 0 Å². The Hall–Kier alpha value is -1.74. The molecule has 3 nitrogen and oxygen atoms in total. The minimum Gasteiger partial charge on any atom is -0.345 e. The molecule has 0 radical (unpaired) electrons. The van der Waals surface area contributed by atoms with E-state index in [0.29, 0.717) is 12.5 Å². The smallest absolute Gasteiger partial charge is 0.226 e. The zero-order valence-electron chi connectivity index (χ0n) is 14.2. The molecule has 0 unspecified atom stereocenters. The third kappa shape index (κ3) is 4.02. The van der Waals surface area contributed by atoms with Crippen LogP contribution in [0.1, 0.15) is 43.9 Å². The second-order valence-electron chi connectivity index (χ2n) is 6.64. The van der Waals surface area contributed by atoms with Gasteiger partial charge in [0.25, 0.3) is 0 Å². The van der Waals surface area contributed by atoms with Gasteiger partial charge in [-0.2, -0.15) is 0 Å². The van der Waals surface area contributed by atoms with Crippen LogP contribution in [0.3, 0.4) is 0 Å². The molecule has 4 heteroatoms.